The Labute approximate surface area is 127 Å². The molecule has 1 aliphatic carbocycles. The molecule has 0 unspecified atom stereocenters. The number of aliphatic carboxylic acids is 1. The minimum atomic E-state index is -0.794. The highest BCUT2D eigenvalue weighted by molar-refractivity contribution is 5.85. The molecule has 1 aliphatic heterocycles. The van der Waals surface area contributed by atoms with Crippen LogP contribution in [0.4, 0.5) is 0 Å². The van der Waals surface area contributed by atoms with Crippen LogP contribution in [0.1, 0.15) is 59.3 Å². The molecule has 2 atom stereocenters. The van der Waals surface area contributed by atoms with Crippen LogP contribution in [0, 0.1) is 23.2 Å². The molecular weight excluding hydrogens is 266 g/mol. The average molecular weight is 295 g/mol. The van der Waals surface area contributed by atoms with E-state index >= 15 is 0 Å². The number of nitrogens with zero attached hydrogens (tertiary/aromatic N) is 1. The number of hydrogen-bond donors (Lipinski definition) is 1. The van der Waals surface area contributed by atoms with Gasteiger partial charge in [-0.1, -0.05) is 33.6 Å². The fourth-order valence-corrected chi connectivity index (χ4v) is 3.92. The molecule has 1 saturated carbocycles. The van der Waals surface area contributed by atoms with E-state index in [4.69, 9.17) is 0 Å². The summed E-state index contributed by atoms with van der Waals surface area (Å²) in [6, 6.07) is 0. The average Bonchev–Trinajstić information content (AvgIpc) is 2.45. The maximum absolute atomic E-state index is 12.7. The smallest absolute Gasteiger partial charge is 0.307 e. The van der Waals surface area contributed by atoms with Gasteiger partial charge in [-0.15, -0.1) is 0 Å². The van der Waals surface area contributed by atoms with Gasteiger partial charge in [-0.2, -0.15) is 0 Å². The first-order valence-electron chi connectivity index (χ1n) is 8.32. The molecule has 4 heteroatoms. The van der Waals surface area contributed by atoms with Crippen molar-refractivity contribution in [2.24, 2.45) is 23.2 Å². The van der Waals surface area contributed by atoms with Crippen molar-refractivity contribution in [3.05, 3.63) is 0 Å². The lowest BCUT2D eigenvalue weighted by Gasteiger charge is -2.41. The van der Waals surface area contributed by atoms with Gasteiger partial charge in [-0.05, 0) is 37.0 Å². The lowest BCUT2D eigenvalue weighted by Crippen LogP contribution is -2.47. The molecule has 1 heterocycles. The highest BCUT2D eigenvalue weighted by atomic mass is 16.4. The first-order chi connectivity index (χ1) is 9.80. The molecule has 1 amide bonds. The van der Waals surface area contributed by atoms with Crippen molar-refractivity contribution in [3.8, 4) is 0 Å². The largest absolute Gasteiger partial charge is 0.481 e. The molecule has 0 bridgehead atoms. The molecule has 0 aromatic carbocycles. The predicted octanol–water partition coefficient (Wildman–Crippen LogP) is 3.16. The van der Waals surface area contributed by atoms with Crippen LogP contribution in [0.5, 0.6) is 0 Å². The monoisotopic (exact) mass is 295 g/mol. The minimum Gasteiger partial charge on any atom is -0.481 e. The molecule has 0 spiro atoms. The summed E-state index contributed by atoms with van der Waals surface area (Å²) >= 11 is 0. The van der Waals surface area contributed by atoms with Gasteiger partial charge in [0.1, 0.15) is 0 Å². The zero-order chi connectivity index (χ0) is 15.6. The van der Waals surface area contributed by atoms with Crippen LogP contribution in [0.2, 0.25) is 0 Å². The Morgan fingerprint density at radius 3 is 1.95 bits per heavy atom. The van der Waals surface area contributed by atoms with E-state index in [9.17, 15) is 14.7 Å². The van der Waals surface area contributed by atoms with Gasteiger partial charge in [-0.25, -0.2) is 0 Å². The third kappa shape index (κ3) is 3.78. The lowest BCUT2D eigenvalue weighted by atomic mass is 9.74. The number of carbonyl (C=O) groups is 2. The highest BCUT2D eigenvalue weighted by Gasteiger charge is 2.39. The number of rotatable bonds is 2. The second-order valence-electron chi connectivity index (χ2n) is 7.80. The van der Waals surface area contributed by atoms with Crippen molar-refractivity contribution in [2.45, 2.75) is 59.3 Å². The van der Waals surface area contributed by atoms with Crippen LogP contribution in [0.25, 0.3) is 0 Å². The van der Waals surface area contributed by atoms with Crippen molar-refractivity contribution in [3.63, 3.8) is 0 Å². The van der Waals surface area contributed by atoms with Gasteiger partial charge in [0.15, 0.2) is 0 Å². The minimum absolute atomic E-state index is 0.0921. The van der Waals surface area contributed by atoms with E-state index in [1.165, 1.54) is 0 Å². The van der Waals surface area contributed by atoms with Crippen molar-refractivity contribution in [1.82, 2.24) is 4.90 Å². The zero-order valence-corrected chi connectivity index (χ0v) is 13.6. The molecule has 4 nitrogen and oxygen atoms in total. The number of amides is 1. The molecule has 0 aromatic rings. The van der Waals surface area contributed by atoms with Gasteiger partial charge < -0.3 is 10.0 Å². The van der Waals surface area contributed by atoms with Gasteiger partial charge in [-0.3, -0.25) is 9.59 Å². The van der Waals surface area contributed by atoms with Crippen LogP contribution in [-0.4, -0.2) is 35.0 Å². The third-order valence-electron chi connectivity index (χ3n) is 5.43. The quantitative estimate of drug-likeness (QED) is 0.851. The van der Waals surface area contributed by atoms with Gasteiger partial charge in [0.25, 0.3) is 0 Å². The normalized spacial score (nSPS) is 28.4. The van der Waals surface area contributed by atoms with Gasteiger partial charge in [0, 0.05) is 13.1 Å². The summed E-state index contributed by atoms with van der Waals surface area (Å²) < 4.78 is 0. The first-order valence-corrected chi connectivity index (χ1v) is 8.32. The van der Waals surface area contributed by atoms with E-state index in [-0.39, 0.29) is 11.8 Å². The highest BCUT2D eigenvalue weighted by Crippen LogP contribution is 2.36. The summed E-state index contributed by atoms with van der Waals surface area (Å²) in [5.74, 6) is -0.802. The second kappa shape index (κ2) is 6.37. The summed E-state index contributed by atoms with van der Waals surface area (Å²) in [6.45, 7) is 8.37. The van der Waals surface area contributed by atoms with E-state index in [0.29, 0.717) is 17.8 Å². The number of hydrogen-bond acceptors (Lipinski definition) is 2. The topological polar surface area (TPSA) is 57.6 Å². The number of carboxylic acids is 1. The summed E-state index contributed by atoms with van der Waals surface area (Å²) in [7, 11) is 0. The van der Waals surface area contributed by atoms with Crippen molar-refractivity contribution in [2.75, 3.05) is 13.1 Å². The van der Waals surface area contributed by atoms with Crippen molar-refractivity contribution >= 4 is 11.9 Å². The molecule has 1 saturated heterocycles. The molecule has 0 aromatic heterocycles. The van der Waals surface area contributed by atoms with Crippen molar-refractivity contribution in [1.29, 1.82) is 0 Å². The first kappa shape index (κ1) is 16.3. The van der Waals surface area contributed by atoms with Crippen LogP contribution >= 0.6 is 0 Å². The maximum Gasteiger partial charge on any atom is 0.307 e. The summed E-state index contributed by atoms with van der Waals surface area (Å²) in [4.78, 5) is 26.0. The van der Waals surface area contributed by atoms with Crippen molar-refractivity contribution < 1.29 is 14.7 Å². The molecule has 21 heavy (non-hydrogen) atoms. The fourth-order valence-electron chi connectivity index (χ4n) is 3.92. The molecule has 2 fully saturated rings. The van der Waals surface area contributed by atoms with Gasteiger partial charge in [0.2, 0.25) is 5.91 Å². The Morgan fingerprint density at radius 2 is 1.48 bits per heavy atom. The van der Waals surface area contributed by atoms with Crippen LogP contribution in [-0.2, 0) is 9.59 Å². The molecule has 2 aliphatic rings. The van der Waals surface area contributed by atoms with E-state index < -0.39 is 11.9 Å². The van der Waals surface area contributed by atoms with E-state index in [0.717, 1.165) is 45.2 Å². The van der Waals surface area contributed by atoms with Crippen LogP contribution in [0.3, 0.4) is 0 Å². The summed E-state index contributed by atoms with van der Waals surface area (Å²) in [6.07, 6.45) is 5.41. The number of carbonyl (C=O) groups excluding carboxylic acids is 1. The summed E-state index contributed by atoms with van der Waals surface area (Å²) in [5.41, 5.74) is 0.295. The van der Waals surface area contributed by atoms with Crippen LogP contribution in [0.15, 0.2) is 0 Å². The molecule has 2 rings (SSSR count). The molecule has 120 valence electrons. The predicted molar refractivity (Wildman–Crippen MR) is 81.8 cm³/mol. The fraction of sp³-hybridized carbons (Fsp3) is 0.882. The number of carboxylic acid groups (broad SMARTS) is 1. The number of likely N-dealkylation sites (tertiary alicyclic amines) is 1. The SMILES string of the molecule is CC(C)(C)C1CCN(C(=O)[C@@H]2CCCC[C@@H]2C(=O)O)CC1. The third-order valence-corrected chi connectivity index (χ3v) is 5.43. The summed E-state index contributed by atoms with van der Waals surface area (Å²) in [5, 5.41) is 9.33. The Morgan fingerprint density at radius 1 is 0.952 bits per heavy atom. The Bertz CT molecular complexity index is 391. The van der Waals surface area contributed by atoms with Gasteiger partial charge in [0.05, 0.1) is 11.8 Å². The van der Waals surface area contributed by atoms with E-state index in [2.05, 4.69) is 20.8 Å². The molecule has 1 N–H and O–H groups in total. The molecular formula is C17H29NO3. The Balaban J connectivity index is 1.96. The second-order valence-corrected chi connectivity index (χ2v) is 7.80. The van der Waals surface area contributed by atoms with Crippen LogP contribution < -0.4 is 0 Å². The van der Waals surface area contributed by atoms with Gasteiger partial charge >= 0.3 is 5.97 Å². The number of piperidine rings is 1. The zero-order valence-electron chi connectivity index (χ0n) is 13.6. The maximum atomic E-state index is 12.7. The lowest BCUT2D eigenvalue weighted by molar-refractivity contribution is -0.153. The Kier molecular flexibility index (Phi) is 4.95. The van der Waals surface area contributed by atoms with E-state index in [1.807, 2.05) is 4.90 Å². The Hall–Kier alpha value is -1.06. The standard InChI is InChI=1S/C17H29NO3/c1-17(2,3)12-8-10-18(11-9-12)15(19)13-6-4-5-7-14(13)16(20)21/h12-14H,4-11H2,1-3H3,(H,20,21)/t13-,14+/m1/s1. The molecule has 0 radical (unpaired) electrons. The van der Waals surface area contributed by atoms with E-state index in [1.54, 1.807) is 0 Å².